The van der Waals surface area contributed by atoms with Crippen molar-refractivity contribution in [2.75, 3.05) is 11.9 Å². The molecule has 1 aromatic heterocycles. The van der Waals surface area contributed by atoms with E-state index in [0.717, 1.165) is 30.4 Å². The van der Waals surface area contributed by atoms with Crippen molar-refractivity contribution in [3.05, 3.63) is 83.7 Å². The smallest absolute Gasteiger partial charge is 0.337 e. The van der Waals surface area contributed by atoms with Crippen molar-refractivity contribution < 1.29 is 18.3 Å². The van der Waals surface area contributed by atoms with Crippen LogP contribution in [0.3, 0.4) is 0 Å². The molecule has 154 valence electrons. The number of nitrogens with one attached hydrogen (secondary N) is 1. The Kier molecular flexibility index (Phi) is 5.55. The predicted molar refractivity (Wildman–Crippen MR) is 114 cm³/mol. The normalized spacial score (nSPS) is 15.9. The second-order valence-corrected chi connectivity index (χ2v) is 9.32. The predicted octanol–water partition coefficient (Wildman–Crippen LogP) is 4.14. The molecule has 0 amide bonds. The lowest BCUT2D eigenvalue weighted by atomic mass is 9.83. The summed E-state index contributed by atoms with van der Waals surface area (Å²) in [7, 11) is -3.55. The molecule has 4 rings (SSSR count). The van der Waals surface area contributed by atoms with E-state index < -0.39 is 15.8 Å². The minimum absolute atomic E-state index is 0.170. The number of carbonyl (C=O) groups is 1. The number of benzene rings is 2. The third-order valence-corrected chi connectivity index (χ3v) is 7.27. The van der Waals surface area contributed by atoms with Gasteiger partial charge in [-0.05, 0) is 60.7 Å². The largest absolute Gasteiger partial charge is 0.478 e. The van der Waals surface area contributed by atoms with Crippen LogP contribution in [0, 0.1) is 0 Å². The molecule has 2 aromatic carbocycles. The standard InChI is InChI=1S/C23H22N2O4S/c26-23(27)21-11-12-24-15-22(21)25-14-17-6-4-5-16-13-19(9-10-20(16)17)30(28,29)18-7-2-1-3-8-18/h1-3,7-13,15,17,25H,4-6,14H2,(H,26,27). The zero-order chi connectivity index (χ0) is 21.1. The Bertz CT molecular complexity index is 1180. The molecule has 7 heteroatoms. The van der Waals surface area contributed by atoms with E-state index in [-0.39, 0.29) is 16.4 Å². The summed E-state index contributed by atoms with van der Waals surface area (Å²) in [6.45, 7) is 0.559. The van der Waals surface area contributed by atoms with Crippen molar-refractivity contribution >= 4 is 21.5 Å². The van der Waals surface area contributed by atoms with Gasteiger partial charge in [-0.1, -0.05) is 24.3 Å². The molecule has 0 fully saturated rings. The van der Waals surface area contributed by atoms with Crippen LogP contribution in [0.5, 0.6) is 0 Å². The number of pyridine rings is 1. The van der Waals surface area contributed by atoms with Gasteiger partial charge < -0.3 is 10.4 Å². The quantitative estimate of drug-likeness (QED) is 0.620. The number of anilines is 1. The highest BCUT2D eigenvalue weighted by molar-refractivity contribution is 7.91. The Hall–Kier alpha value is -3.19. The summed E-state index contributed by atoms with van der Waals surface area (Å²) in [4.78, 5) is 16.0. The Morgan fingerprint density at radius 3 is 2.67 bits per heavy atom. The molecule has 1 unspecified atom stereocenters. The molecule has 0 saturated heterocycles. The number of aromatic carboxylic acids is 1. The van der Waals surface area contributed by atoms with Crippen LogP contribution in [0.15, 0.2) is 76.8 Å². The molecule has 1 atom stereocenters. The van der Waals surface area contributed by atoms with E-state index in [1.807, 2.05) is 6.07 Å². The molecule has 1 heterocycles. The fourth-order valence-electron chi connectivity index (χ4n) is 3.96. The molecule has 0 aliphatic heterocycles. The fourth-order valence-corrected chi connectivity index (χ4v) is 5.29. The zero-order valence-corrected chi connectivity index (χ0v) is 17.1. The van der Waals surface area contributed by atoms with E-state index in [0.29, 0.717) is 17.1 Å². The van der Waals surface area contributed by atoms with Gasteiger partial charge in [0.25, 0.3) is 0 Å². The average Bonchev–Trinajstić information content (AvgIpc) is 2.78. The first-order valence-corrected chi connectivity index (χ1v) is 11.3. The van der Waals surface area contributed by atoms with E-state index in [1.54, 1.807) is 42.5 Å². The lowest BCUT2D eigenvalue weighted by Gasteiger charge is -2.27. The van der Waals surface area contributed by atoms with Crippen LogP contribution in [0.4, 0.5) is 5.69 Å². The van der Waals surface area contributed by atoms with Gasteiger partial charge >= 0.3 is 5.97 Å². The summed E-state index contributed by atoms with van der Waals surface area (Å²) in [5.41, 5.74) is 2.82. The van der Waals surface area contributed by atoms with E-state index in [4.69, 9.17) is 0 Å². The summed E-state index contributed by atoms with van der Waals surface area (Å²) in [6, 6.07) is 15.3. The number of nitrogens with zero attached hydrogens (tertiary/aromatic N) is 1. The van der Waals surface area contributed by atoms with E-state index in [2.05, 4.69) is 10.3 Å². The first-order chi connectivity index (χ1) is 14.5. The molecule has 30 heavy (non-hydrogen) atoms. The van der Waals surface area contributed by atoms with Crippen LogP contribution in [-0.2, 0) is 16.3 Å². The first-order valence-electron chi connectivity index (χ1n) is 9.81. The van der Waals surface area contributed by atoms with Gasteiger partial charge in [-0.2, -0.15) is 0 Å². The lowest BCUT2D eigenvalue weighted by molar-refractivity contribution is 0.0697. The maximum Gasteiger partial charge on any atom is 0.337 e. The third-order valence-electron chi connectivity index (χ3n) is 5.51. The summed E-state index contributed by atoms with van der Waals surface area (Å²) < 4.78 is 25.9. The Balaban J connectivity index is 1.58. The molecular weight excluding hydrogens is 400 g/mol. The van der Waals surface area contributed by atoms with Crippen LogP contribution in [-0.4, -0.2) is 31.0 Å². The minimum Gasteiger partial charge on any atom is -0.478 e. The maximum absolute atomic E-state index is 12.9. The van der Waals surface area contributed by atoms with Crippen LogP contribution >= 0.6 is 0 Å². The summed E-state index contributed by atoms with van der Waals surface area (Å²) in [5.74, 6) is -0.830. The van der Waals surface area contributed by atoms with Crippen molar-refractivity contribution in [3.8, 4) is 0 Å². The van der Waals surface area contributed by atoms with Gasteiger partial charge in [-0.3, -0.25) is 4.98 Å². The van der Waals surface area contributed by atoms with Crippen LogP contribution in [0.1, 0.15) is 40.2 Å². The van der Waals surface area contributed by atoms with Gasteiger partial charge in [0, 0.05) is 18.7 Å². The molecule has 6 nitrogen and oxygen atoms in total. The number of aromatic nitrogens is 1. The van der Waals surface area contributed by atoms with Crippen molar-refractivity contribution in [1.29, 1.82) is 0 Å². The van der Waals surface area contributed by atoms with Crippen LogP contribution in [0.2, 0.25) is 0 Å². The van der Waals surface area contributed by atoms with Crippen molar-refractivity contribution in [1.82, 2.24) is 4.98 Å². The average molecular weight is 423 g/mol. The van der Waals surface area contributed by atoms with Gasteiger partial charge in [0.1, 0.15) is 0 Å². The highest BCUT2D eigenvalue weighted by Gasteiger charge is 2.24. The van der Waals surface area contributed by atoms with Crippen molar-refractivity contribution in [2.45, 2.75) is 35.0 Å². The Morgan fingerprint density at radius 2 is 1.90 bits per heavy atom. The number of hydrogen-bond donors (Lipinski definition) is 2. The number of carboxylic acids is 1. The Labute approximate surface area is 175 Å². The second kappa shape index (κ2) is 8.28. The highest BCUT2D eigenvalue weighted by atomic mass is 32.2. The van der Waals surface area contributed by atoms with E-state index in [1.165, 1.54) is 18.5 Å². The number of sulfone groups is 1. The Morgan fingerprint density at radius 1 is 1.10 bits per heavy atom. The molecule has 0 bridgehead atoms. The molecule has 0 saturated carbocycles. The number of aryl methyl sites for hydroxylation is 1. The monoisotopic (exact) mass is 422 g/mol. The number of rotatable bonds is 6. The fraction of sp³-hybridized carbons (Fsp3) is 0.217. The van der Waals surface area contributed by atoms with Crippen LogP contribution in [0.25, 0.3) is 0 Å². The summed E-state index contributed by atoms with van der Waals surface area (Å²) in [5, 5.41) is 12.6. The number of hydrogen-bond acceptors (Lipinski definition) is 5. The molecule has 1 aliphatic carbocycles. The molecule has 3 aromatic rings. The topological polar surface area (TPSA) is 96.4 Å². The third kappa shape index (κ3) is 3.93. The molecule has 0 spiro atoms. The first kappa shape index (κ1) is 20.1. The van der Waals surface area contributed by atoms with Gasteiger partial charge in [0.2, 0.25) is 9.84 Å². The number of fused-ring (bicyclic) bond motifs is 1. The summed E-state index contributed by atoms with van der Waals surface area (Å²) in [6.07, 6.45) is 5.71. The van der Waals surface area contributed by atoms with Gasteiger partial charge in [0.15, 0.2) is 0 Å². The van der Waals surface area contributed by atoms with Gasteiger partial charge in [-0.25, -0.2) is 13.2 Å². The van der Waals surface area contributed by atoms with Crippen molar-refractivity contribution in [3.63, 3.8) is 0 Å². The van der Waals surface area contributed by atoms with Gasteiger partial charge in [0.05, 0.1) is 27.2 Å². The van der Waals surface area contributed by atoms with Crippen molar-refractivity contribution in [2.24, 2.45) is 0 Å². The van der Waals surface area contributed by atoms with Crippen LogP contribution < -0.4 is 5.32 Å². The van der Waals surface area contributed by atoms with Gasteiger partial charge in [-0.15, -0.1) is 0 Å². The zero-order valence-electron chi connectivity index (χ0n) is 16.3. The highest BCUT2D eigenvalue weighted by Crippen LogP contribution is 2.34. The van der Waals surface area contributed by atoms with E-state index >= 15 is 0 Å². The molecule has 0 radical (unpaired) electrons. The SMILES string of the molecule is O=C(O)c1ccncc1NCC1CCCc2cc(S(=O)(=O)c3ccccc3)ccc21. The molecule has 2 N–H and O–H groups in total. The second-order valence-electron chi connectivity index (χ2n) is 7.37. The maximum atomic E-state index is 12.9. The summed E-state index contributed by atoms with van der Waals surface area (Å²) >= 11 is 0. The van der Waals surface area contributed by atoms with E-state index in [9.17, 15) is 18.3 Å². The lowest BCUT2D eigenvalue weighted by Crippen LogP contribution is -2.19. The molecular formula is C23H22N2O4S. The minimum atomic E-state index is -3.55. The molecule has 1 aliphatic rings. The number of carboxylic acid groups (broad SMARTS) is 1.